The number of carbonyl (C=O) groups is 1. The van der Waals surface area contributed by atoms with E-state index in [1.165, 1.54) is 6.92 Å². The molecular formula is C8H16O4. The highest BCUT2D eigenvalue weighted by molar-refractivity contribution is 5.65. The quantitative estimate of drug-likeness (QED) is 0.513. The van der Waals surface area contributed by atoms with Crippen LogP contribution in [-0.2, 0) is 14.6 Å². The summed E-state index contributed by atoms with van der Waals surface area (Å²) in [6, 6.07) is 0. The van der Waals surface area contributed by atoms with E-state index >= 15 is 0 Å². The predicted molar refractivity (Wildman–Crippen MR) is 43.2 cm³/mol. The third kappa shape index (κ3) is 6.12. The number of hydrogen-bond donors (Lipinski definition) is 1. The first-order chi connectivity index (χ1) is 5.33. The molecule has 1 atom stereocenters. The van der Waals surface area contributed by atoms with Gasteiger partial charge in [0.2, 0.25) is 0 Å². The lowest BCUT2D eigenvalue weighted by Gasteiger charge is -2.23. The largest absolute Gasteiger partial charge is 0.393 e. The van der Waals surface area contributed by atoms with E-state index in [0.29, 0.717) is 6.42 Å². The Kier molecular flexibility index (Phi) is 4.20. The summed E-state index contributed by atoms with van der Waals surface area (Å²) in [7, 11) is 0. The van der Waals surface area contributed by atoms with E-state index in [1.54, 1.807) is 20.8 Å². The van der Waals surface area contributed by atoms with Crippen molar-refractivity contribution in [3.63, 3.8) is 0 Å². The van der Waals surface area contributed by atoms with Crippen LogP contribution in [0, 0.1) is 0 Å². The maximum Gasteiger partial charge on any atom is 0.339 e. The van der Waals surface area contributed by atoms with Gasteiger partial charge in [-0.15, -0.1) is 0 Å². The molecule has 0 aliphatic heterocycles. The van der Waals surface area contributed by atoms with Crippen LogP contribution in [0.15, 0.2) is 0 Å². The second-order valence-electron chi connectivity index (χ2n) is 3.47. The van der Waals surface area contributed by atoms with Crippen LogP contribution in [-0.4, -0.2) is 22.8 Å². The van der Waals surface area contributed by atoms with Crippen LogP contribution in [0.1, 0.15) is 34.1 Å². The van der Waals surface area contributed by atoms with Crippen molar-refractivity contribution in [2.75, 3.05) is 0 Å². The summed E-state index contributed by atoms with van der Waals surface area (Å²) in [5.41, 5.74) is -0.639. The molecule has 0 radical (unpaired) electrons. The van der Waals surface area contributed by atoms with Gasteiger partial charge in [0, 0.05) is 13.3 Å². The second-order valence-corrected chi connectivity index (χ2v) is 3.47. The zero-order valence-corrected chi connectivity index (χ0v) is 7.96. The van der Waals surface area contributed by atoms with Gasteiger partial charge < -0.3 is 5.11 Å². The third-order valence-corrected chi connectivity index (χ3v) is 1.17. The van der Waals surface area contributed by atoms with Crippen LogP contribution in [0.25, 0.3) is 0 Å². The molecule has 0 saturated carbocycles. The molecule has 1 unspecified atom stereocenters. The number of rotatable bonds is 4. The van der Waals surface area contributed by atoms with Gasteiger partial charge in [-0.2, -0.15) is 4.89 Å². The van der Waals surface area contributed by atoms with Crippen molar-refractivity contribution in [2.24, 2.45) is 0 Å². The summed E-state index contributed by atoms with van der Waals surface area (Å²) in [4.78, 5) is 19.5. The first-order valence-electron chi connectivity index (χ1n) is 3.88. The summed E-state index contributed by atoms with van der Waals surface area (Å²) < 4.78 is 0. The molecule has 0 aromatic rings. The average Bonchev–Trinajstić information content (AvgIpc) is 1.81. The van der Waals surface area contributed by atoms with E-state index < -0.39 is 17.7 Å². The van der Waals surface area contributed by atoms with Gasteiger partial charge in [-0.05, 0) is 20.8 Å². The molecule has 4 nitrogen and oxygen atoms in total. The molecule has 0 bridgehead atoms. The van der Waals surface area contributed by atoms with Crippen LogP contribution < -0.4 is 0 Å². The highest BCUT2D eigenvalue weighted by atomic mass is 17.2. The summed E-state index contributed by atoms with van der Waals surface area (Å²) in [6.07, 6.45) is -0.0594. The van der Waals surface area contributed by atoms with Crippen LogP contribution in [0.2, 0.25) is 0 Å². The second kappa shape index (κ2) is 4.42. The van der Waals surface area contributed by atoms with E-state index in [2.05, 4.69) is 4.89 Å². The molecule has 1 N–H and O–H groups in total. The molecule has 0 spiro atoms. The maximum absolute atomic E-state index is 10.4. The van der Waals surface area contributed by atoms with Gasteiger partial charge in [-0.3, -0.25) is 4.89 Å². The molecule has 72 valence electrons. The van der Waals surface area contributed by atoms with E-state index in [1.807, 2.05) is 0 Å². The molecular weight excluding hydrogens is 160 g/mol. The summed E-state index contributed by atoms with van der Waals surface area (Å²) in [5.74, 6) is -0.492. The fourth-order valence-corrected chi connectivity index (χ4v) is 0.917. The van der Waals surface area contributed by atoms with E-state index in [0.717, 1.165) is 0 Å². The number of carbonyl (C=O) groups excluding carboxylic acids is 1. The van der Waals surface area contributed by atoms with Gasteiger partial charge in [-0.25, -0.2) is 4.79 Å². The molecule has 0 fully saturated rings. The predicted octanol–water partition coefficient (Wildman–Crippen LogP) is 1.03. The molecule has 0 heterocycles. The van der Waals surface area contributed by atoms with Crippen LogP contribution in [0.4, 0.5) is 0 Å². The van der Waals surface area contributed by atoms with Gasteiger partial charge in [0.1, 0.15) is 5.60 Å². The van der Waals surface area contributed by atoms with Crippen molar-refractivity contribution >= 4 is 5.97 Å². The van der Waals surface area contributed by atoms with Crippen LogP contribution >= 0.6 is 0 Å². The Hall–Kier alpha value is -0.610. The van der Waals surface area contributed by atoms with Crippen molar-refractivity contribution in [1.29, 1.82) is 0 Å². The van der Waals surface area contributed by atoms with Crippen molar-refractivity contribution in [1.82, 2.24) is 0 Å². The summed E-state index contributed by atoms with van der Waals surface area (Å²) >= 11 is 0. The molecule has 0 amide bonds. The van der Waals surface area contributed by atoms with Gasteiger partial charge >= 0.3 is 5.97 Å². The molecule has 0 saturated heterocycles. The van der Waals surface area contributed by atoms with Crippen molar-refractivity contribution in [2.45, 2.75) is 45.8 Å². The highest BCUT2D eigenvalue weighted by Crippen LogP contribution is 2.16. The van der Waals surface area contributed by atoms with E-state index in [9.17, 15) is 4.79 Å². The summed E-state index contributed by atoms with van der Waals surface area (Å²) in [5, 5.41) is 9.03. The van der Waals surface area contributed by atoms with Gasteiger partial charge in [0.15, 0.2) is 0 Å². The maximum atomic E-state index is 10.4. The van der Waals surface area contributed by atoms with Crippen molar-refractivity contribution < 1.29 is 19.7 Å². The van der Waals surface area contributed by atoms with Gasteiger partial charge in [0.05, 0.1) is 6.10 Å². The highest BCUT2D eigenvalue weighted by Gasteiger charge is 2.23. The van der Waals surface area contributed by atoms with Crippen molar-refractivity contribution in [3.05, 3.63) is 0 Å². The Labute approximate surface area is 72.4 Å². The summed E-state index contributed by atoms with van der Waals surface area (Å²) in [6.45, 7) is 6.39. The molecule has 0 aliphatic rings. The normalized spacial score (nSPS) is 14.1. The Morgan fingerprint density at radius 1 is 1.58 bits per heavy atom. The minimum atomic E-state index is -0.639. The minimum Gasteiger partial charge on any atom is -0.393 e. The van der Waals surface area contributed by atoms with Crippen LogP contribution in [0.3, 0.4) is 0 Å². The third-order valence-electron chi connectivity index (χ3n) is 1.17. The molecule has 0 aromatic carbocycles. The van der Waals surface area contributed by atoms with Crippen LogP contribution in [0.5, 0.6) is 0 Å². The molecule has 4 heteroatoms. The smallest absolute Gasteiger partial charge is 0.339 e. The van der Waals surface area contributed by atoms with Crippen molar-refractivity contribution in [3.8, 4) is 0 Å². The first-order valence-corrected chi connectivity index (χ1v) is 3.88. The topological polar surface area (TPSA) is 55.8 Å². The molecule has 0 rings (SSSR count). The SMILES string of the molecule is CC(=O)OOC(C)(C)CC(C)O. The first kappa shape index (κ1) is 11.4. The van der Waals surface area contributed by atoms with E-state index in [-0.39, 0.29) is 0 Å². The lowest BCUT2D eigenvalue weighted by molar-refractivity contribution is -0.327. The zero-order chi connectivity index (χ0) is 9.78. The molecule has 0 aliphatic carbocycles. The Bertz CT molecular complexity index is 151. The molecule has 12 heavy (non-hydrogen) atoms. The number of hydrogen-bond acceptors (Lipinski definition) is 4. The van der Waals surface area contributed by atoms with E-state index in [4.69, 9.17) is 9.99 Å². The Balaban J connectivity index is 3.78. The van der Waals surface area contributed by atoms with Gasteiger partial charge in [-0.1, -0.05) is 0 Å². The fraction of sp³-hybridized carbons (Fsp3) is 0.875. The number of aliphatic hydroxyl groups excluding tert-OH is 1. The average molecular weight is 176 g/mol. The Morgan fingerprint density at radius 2 is 2.08 bits per heavy atom. The monoisotopic (exact) mass is 176 g/mol. The van der Waals surface area contributed by atoms with Gasteiger partial charge in [0.25, 0.3) is 0 Å². The lowest BCUT2D eigenvalue weighted by Crippen LogP contribution is -2.29. The molecule has 0 aromatic heterocycles. The standard InChI is InChI=1S/C8H16O4/c1-6(9)5-8(3,4)12-11-7(2)10/h6,9H,5H2,1-4H3. The minimum absolute atomic E-state index is 0.417. The fourth-order valence-electron chi connectivity index (χ4n) is 0.917. The zero-order valence-electron chi connectivity index (χ0n) is 7.96. The Morgan fingerprint density at radius 3 is 2.42 bits per heavy atom. The number of aliphatic hydroxyl groups is 1. The lowest BCUT2D eigenvalue weighted by atomic mass is 10.0.